The Morgan fingerprint density at radius 1 is 1.29 bits per heavy atom. The van der Waals surface area contributed by atoms with Crippen molar-refractivity contribution in [3.63, 3.8) is 0 Å². The second kappa shape index (κ2) is 6.61. The van der Waals surface area contributed by atoms with Gasteiger partial charge in [0.2, 0.25) is 5.91 Å². The van der Waals surface area contributed by atoms with Crippen LogP contribution in [-0.4, -0.2) is 18.0 Å². The number of urea groups is 1. The molecule has 0 spiro atoms. The molecule has 5 heteroatoms. The molecule has 3 amide bonds. The van der Waals surface area contributed by atoms with Crippen LogP contribution in [0, 0.1) is 12.8 Å². The quantitative estimate of drug-likeness (QED) is 0.778. The van der Waals surface area contributed by atoms with E-state index in [1.807, 2.05) is 32.9 Å². The number of benzene rings is 1. The van der Waals surface area contributed by atoms with Crippen LogP contribution in [0.5, 0.6) is 0 Å². The highest BCUT2D eigenvalue weighted by Crippen LogP contribution is 2.30. The molecule has 1 aromatic rings. The van der Waals surface area contributed by atoms with Crippen molar-refractivity contribution in [2.75, 3.05) is 10.6 Å². The molecule has 0 unspecified atom stereocenters. The van der Waals surface area contributed by atoms with Gasteiger partial charge in [0.15, 0.2) is 0 Å². The highest BCUT2D eigenvalue weighted by Gasteiger charge is 2.29. The fourth-order valence-corrected chi connectivity index (χ4v) is 1.91. The molecule has 1 aromatic carbocycles. The topological polar surface area (TPSA) is 70.2 Å². The summed E-state index contributed by atoms with van der Waals surface area (Å²) in [5.74, 6) is 0.227. The molecule has 3 N–H and O–H groups in total. The molecule has 114 valence electrons. The zero-order valence-electron chi connectivity index (χ0n) is 12.8. The third-order valence-corrected chi connectivity index (χ3v) is 3.69. The minimum Gasteiger partial charge on any atom is -0.335 e. The van der Waals surface area contributed by atoms with E-state index in [2.05, 4.69) is 16.0 Å². The Labute approximate surface area is 125 Å². The third-order valence-electron chi connectivity index (χ3n) is 3.69. The van der Waals surface area contributed by atoms with Crippen molar-refractivity contribution in [3.05, 3.63) is 23.8 Å². The van der Waals surface area contributed by atoms with Crippen LogP contribution in [0.3, 0.4) is 0 Å². The number of carbonyl (C=O) groups is 2. The Hall–Kier alpha value is -2.04. The highest BCUT2D eigenvalue weighted by molar-refractivity contribution is 5.96. The Morgan fingerprint density at radius 2 is 2.00 bits per heavy atom. The molecule has 0 bridgehead atoms. The second-order valence-corrected chi connectivity index (χ2v) is 5.70. The van der Waals surface area contributed by atoms with Gasteiger partial charge in [-0.2, -0.15) is 0 Å². The fourth-order valence-electron chi connectivity index (χ4n) is 1.91. The molecule has 1 saturated carbocycles. The Balaban J connectivity index is 2.00. The maximum absolute atomic E-state index is 11.9. The molecule has 0 aliphatic heterocycles. The normalized spacial score (nSPS) is 15.2. The molecule has 1 aliphatic rings. The van der Waals surface area contributed by atoms with Crippen molar-refractivity contribution in [1.82, 2.24) is 5.32 Å². The molecule has 21 heavy (non-hydrogen) atoms. The first-order valence-electron chi connectivity index (χ1n) is 7.48. The molecule has 1 fully saturated rings. The largest absolute Gasteiger partial charge is 0.335 e. The van der Waals surface area contributed by atoms with E-state index in [1.165, 1.54) is 0 Å². The lowest BCUT2D eigenvalue weighted by Gasteiger charge is -2.15. The summed E-state index contributed by atoms with van der Waals surface area (Å²) in [5.41, 5.74) is 2.39. The van der Waals surface area contributed by atoms with Crippen molar-refractivity contribution in [2.45, 2.75) is 46.1 Å². The minimum absolute atomic E-state index is 0.0638. The highest BCUT2D eigenvalue weighted by atomic mass is 16.2. The van der Waals surface area contributed by atoms with E-state index in [9.17, 15) is 9.59 Å². The van der Waals surface area contributed by atoms with E-state index in [4.69, 9.17) is 0 Å². The van der Waals surface area contributed by atoms with Crippen LogP contribution >= 0.6 is 0 Å². The van der Waals surface area contributed by atoms with Crippen LogP contribution in [0.2, 0.25) is 0 Å². The van der Waals surface area contributed by atoms with Gasteiger partial charge in [0.05, 0.1) is 0 Å². The molecule has 0 radical (unpaired) electrons. The molecule has 5 nitrogen and oxygen atoms in total. The first-order valence-corrected chi connectivity index (χ1v) is 7.48. The number of aryl methyl sites for hydroxylation is 1. The van der Waals surface area contributed by atoms with Crippen molar-refractivity contribution >= 4 is 23.3 Å². The second-order valence-electron chi connectivity index (χ2n) is 5.70. The number of amides is 3. The first-order chi connectivity index (χ1) is 9.99. The van der Waals surface area contributed by atoms with Gasteiger partial charge in [-0.05, 0) is 50.8 Å². The lowest BCUT2D eigenvalue weighted by Crippen LogP contribution is -2.35. The SMILES string of the molecule is CC[C@@H](C)NC(=O)Nc1cc(NC(=O)C2CC2)ccc1C. The van der Waals surface area contributed by atoms with Gasteiger partial charge < -0.3 is 16.0 Å². The summed E-state index contributed by atoms with van der Waals surface area (Å²) in [6.45, 7) is 5.90. The minimum atomic E-state index is -0.224. The summed E-state index contributed by atoms with van der Waals surface area (Å²) in [6.07, 6.45) is 2.82. The number of hydrogen-bond donors (Lipinski definition) is 3. The average Bonchev–Trinajstić information content (AvgIpc) is 3.26. The number of anilines is 2. The maximum Gasteiger partial charge on any atom is 0.319 e. The molecule has 0 aromatic heterocycles. The lowest BCUT2D eigenvalue weighted by molar-refractivity contribution is -0.117. The van der Waals surface area contributed by atoms with Crippen LogP contribution in [0.25, 0.3) is 0 Å². The molecule has 1 atom stereocenters. The van der Waals surface area contributed by atoms with Gasteiger partial charge >= 0.3 is 6.03 Å². The molecular formula is C16H23N3O2. The Kier molecular flexibility index (Phi) is 4.83. The van der Waals surface area contributed by atoms with E-state index in [1.54, 1.807) is 6.07 Å². The summed E-state index contributed by atoms with van der Waals surface area (Å²) in [7, 11) is 0. The predicted octanol–water partition coefficient (Wildman–Crippen LogP) is 3.26. The zero-order chi connectivity index (χ0) is 15.4. The monoisotopic (exact) mass is 289 g/mol. The average molecular weight is 289 g/mol. The van der Waals surface area contributed by atoms with E-state index < -0.39 is 0 Å². The smallest absolute Gasteiger partial charge is 0.319 e. The van der Waals surface area contributed by atoms with E-state index in [0.29, 0.717) is 5.69 Å². The summed E-state index contributed by atoms with van der Waals surface area (Å²) >= 11 is 0. The number of hydrogen-bond acceptors (Lipinski definition) is 2. The van der Waals surface area contributed by atoms with Gasteiger partial charge in [-0.1, -0.05) is 13.0 Å². The van der Waals surface area contributed by atoms with Gasteiger partial charge in [0.25, 0.3) is 0 Å². The maximum atomic E-state index is 11.9. The summed E-state index contributed by atoms with van der Waals surface area (Å²) in [5, 5.41) is 8.57. The Morgan fingerprint density at radius 3 is 2.62 bits per heavy atom. The standard InChI is InChI=1S/C16H23N3O2/c1-4-11(3)17-16(21)19-14-9-13(8-5-10(14)2)18-15(20)12-6-7-12/h5,8-9,11-12H,4,6-7H2,1-3H3,(H,18,20)(H2,17,19,21)/t11-/m1/s1. The predicted molar refractivity (Wildman–Crippen MR) is 84.4 cm³/mol. The number of rotatable bonds is 5. The summed E-state index contributed by atoms with van der Waals surface area (Å²) < 4.78 is 0. The summed E-state index contributed by atoms with van der Waals surface area (Å²) in [6, 6.07) is 5.45. The van der Waals surface area contributed by atoms with Crippen molar-refractivity contribution in [2.24, 2.45) is 5.92 Å². The van der Waals surface area contributed by atoms with Crippen molar-refractivity contribution < 1.29 is 9.59 Å². The van der Waals surface area contributed by atoms with Crippen LogP contribution in [-0.2, 0) is 4.79 Å². The Bertz CT molecular complexity index is 538. The van der Waals surface area contributed by atoms with Crippen molar-refractivity contribution in [3.8, 4) is 0 Å². The van der Waals surface area contributed by atoms with Gasteiger partial charge in [0, 0.05) is 23.3 Å². The van der Waals surface area contributed by atoms with Gasteiger partial charge in [-0.15, -0.1) is 0 Å². The lowest BCUT2D eigenvalue weighted by atomic mass is 10.1. The number of carbonyl (C=O) groups excluding carboxylic acids is 2. The molecule has 0 heterocycles. The van der Waals surface area contributed by atoms with E-state index in [-0.39, 0.29) is 23.9 Å². The van der Waals surface area contributed by atoms with Gasteiger partial charge in [0.1, 0.15) is 0 Å². The fraction of sp³-hybridized carbons (Fsp3) is 0.500. The summed E-state index contributed by atoms with van der Waals surface area (Å²) in [4.78, 5) is 23.6. The molecule has 2 rings (SSSR count). The van der Waals surface area contributed by atoms with E-state index in [0.717, 1.165) is 30.5 Å². The third kappa shape index (κ3) is 4.48. The zero-order valence-corrected chi connectivity index (χ0v) is 12.8. The van der Waals surface area contributed by atoms with Gasteiger partial charge in [-0.3, -0.25) is 4.79 Å². The van der Waals surface area contributed by atoms with Gasteiger partial charge in [-0.25, -0.2) is 4.79 Å². The van der Waals surface area contributed by atoms with Crippen LogP contribution in [0.15, 0.2) is 18.2 Å². The molecule has 1 aliphatic carbocycles. The van der Waals surface area contributed by atoms with Crippen LogP contribution < -0.4 is 16.0 Å². The first kappa shape index (κ1) is 15.4. The van der Waals surface area contributed by atoms with E-state index >= 15 is 0 Å². The van der Waals surface area contributed by atoms with Crippen LogP contribution in [0.1, 0.15) is 38.7 Å². The molecular weight excluding hydrogens is 266 g/mol. The number of nitrogens with one attached hydrogen (secondary N) is 3. The van der Waals surface area contributed by atoms with Crippen LogP contribution in [0.4, 0.5) is 16.2 Å². The molecule has 0 saturated heterocycles. The van der Waals surface area contributed by atoms with Crippen molar-refractivity contribution in [1.29, 1.82) is 0 Å².